The van der Waals surface area contributed by atoms with Gasteiger partial charge in [0.25, 0.3) is 5.91 Å². The molecule has 0 aliphatic carbocycles. The first-order valence-corrected chi connectivity index (χ1v) is 8.89. The number of amides is 1. The molecule has 1 atom stereocenters. The molecule has 0 spiro atoms. The van der Waals surface area contributed by atoms with Crippen molar-refractivity contribution in [3.05, 3.63) is 107 Å². The van der Waals surface area contributed by atoms with Gasteiger partial charge in [0, 0.05) is 12.0 Å². The third-order valence-electron chi connectivity index (χ3n) is 4.34. The molecule has 0 aliphatic rings. The zero-order chi connectivity index (χ0) is 18.9. The number of carbonyl (C=O) groups excluding carboxylic acids is 1. The van der Waals surface area contributed by atoms with Crippen molar-refractivity contribution in [2.24, 2.45) is 0 Å². The van der Waals surface area contributed by atoms with Crippen LogP contribution in [0, 0.1) is 11.8 Å². The zero-order valence-electron chi connectivity index (χ0n) is 14.9. The first-order chi connectivity index (χ1) is 13.3. The molecule has 0 heterocycles. The summed E-state index contributed by atoms with van der Waals surface area (Å²) in [7, 11) is 0. The van der Waals surface area contributed by atoms with Crippen molar-refractivity contribution in [1.82, 2.24) is 5.48 Å². The lowest BCUT2D eigenvalue weighted by Crippen LogP contribution is -2.27. The SMILES string of the molecule is O=C(NO)C(c1ccccc1)c1cccc(C#CCCc2ccccc2)c1. The summed E-state index contributed by atoms with van der Waals surface area (Å²) in [5, 5.41) is 9.15. The molecule has 0 fully saturated rings. The van der Waals surface area contributed by atoms with Gasteiger partial charge in [0.15, 0.2) is 0 Å². The van der Waals surface area contributed by atoms with Crippen LogP contribution in [-0.4, -0.2) is 11.1 Å². The van der Waals surface area contributed by atoms with Crippen LogP contribution in [0.1, 0.15) is 34.6 Å². The molecule has 1 amide bonds. The number of carbonyl (C=O) groups is 1. The maximum absolute atomic E-state index is 12.2. The van der Waals surface area contributed by atoms with Crippen LogP contribution in [0.2, 0.25) is 0 Å². The Balaban J connectivity index is 1.78. The molecule has 3 aromatic rings. The Kier molecular flexibility index (Phi) is 6.40. The van der Waals surface area contributed by atoms with Crippen LogP contribution in [0.3, 0.4) is 0 Å². The molecule has 3 rings (SSSR count). The molecule has 3 aromatic carbocycles. The van der Waals surface area contributed by atoms with Crippen LogP contribution < -0.4 is 5.48 Å². The summed E-state index contributed by atoms with van der Waals surface area (Å²) in [5.74, 6) is 5.33. The van der Waals surface area contributed by atoms with Gasteiger partial charge in [-0.15, -0.1) is 0 Å². The van der Waals surface area contributed by atoms with Crippen LogP contribution in [0.15, 0.2) is 84.9 Å². The first kappa shape index (κ1) is 18.4. The van der Waals surface area contributed by atoms with Gasteiger partial charge in [-0.1, -0.05) is 84.6 Å². The summed E-state index contributed by atoms with van der Waals surface area (Å²) < 4.78 is 0. The normalized spacial score (nSPS) is 11.1. The molecular weight excluding hydrogens is 334 g/mol. The van der Waals surface area contributed by atoms with Gasteiger partial charge in [0.1, 0.15) is 0 Å². The third kappa shape index (κ3) is 5.07. The number of hydroxylamine groups is 1. The molecule has 2 N–H and O–H groups in total. The van der Waals surface area contributed by atoms with Crippen molar-refractivity contribution < 1.29 is 10.0 Å². The molecule has 0 aliphatic heterocycles. The largest absolute Gasteiger partial charge is 0.289 e. The zero-order valence-corrected chi connectivity index (χ0v) is 14.9. The van der Waals surface area contributed by atoms with Crippen molar-refractivity contribution in [3.63, 3.8) is 0 Å². The molecular formula is C24H21NO2. The first-order valence-electron chi connectivity index (χ1n) is 8.89. The van der Waals surface area contributed by atoms with E-state index in [1.54, 1.807) is 5.48 Å². The topological polar surface area (TPSA) is 49.3 Å². The predicted molar refractivity (Wildman–Crippen MR) is 106 cm³/mol. The van der Waals surface area contributed by atoms with Crippen molar-refractivity contribution in [2.45, 2.75) is 18.8 Å². The van der Waals surface area contributed by atoms with Crippen molar-refractivity contribution >= 4 is 5.91 Å². The van der Waals surface area contributed by atoms with Crippen molar-refractivity contribution in [2.75, 3.05) is 0 Å². The molecule has 27 heavy (non-hydrogen) atoms. The maximum Gasteiger partial charge on any atom is 0.255 e. The molecule has 0 radical (unpaired) electrons. The molecule has 134 valence electrons. The summed E-state index contributed by atoms with van der Waals surface area (Å²) in [6.45, 7) is 0. The number of benzene rings is 3. The Hall–Kier alpha value is -3.35. The van der Waals surface area contributed by atoms with Gasteiger partial charge in [-0.3, -0.25) is 10.0 Å². The van der Waals surface area contributed by atoms with Crippen molar-refractivity contribution in [3.8, 4) is 11.8 Å². The summed E-state index contributed by atoms with van der Waals surface area (Å²) in [4.78, 5) is 12.2. The molecule has 3 nitrogen and oxygen atoms in total. The van der Waals surface area contributed by atoms with Crippen LogP contribution in [0.4, 0.5) is 0 Å². The number of hydrogen-bond donors (Lipinski definition) is 2. The smallest absolute Gasteiger partial charge is 0.255 e. The van der Waals surface area contributed by atoms with E-state index in [9.17, 15) is 4.79 Å². The number of nitrogens with one attached hydrogen (secondary N) is 1. The minimum Gasteiger partial charge on any atom is -0.289 e. The van der Waals surface area contributed by atoms with Gasteiger partial charge in [-0.05, 0) is 35.2 Å². The Labute approximate surface area is 159 Å². The fourth-order valence-corrected chi connectivity index (χ4v) is 3.02. The monoisotopic (exact) mass is 355 g/mol. The summed E-state index contributed by atoms with van der Waals surface area (Å²) >= 11 is 0. The van der Waals surface area contributed by atoms with E-state index in [1.165, 1.54) is 5.56 Å². The maximum atomic E-state index is 12.2. The van der Waals surface area contributed by atoms with E-state index in [4.69, 9.17) is 5.21 Å². The van der Waals surface area contributed by atoms with Gasteiger partial charge in [-0.2, -0.15) is 0 Å². The van der Waals surface area contributed by atoms with E-state index >= 15 is 0 Å². The lowest BCUT2D eigenvalue weighted by molar-refractivity contribution is -0.129. The quantitative estimate of drug-likeness (QED) is 0.407. The Morgan fingerprint density at radius 3 is 2.26 bits per heavy atom. The van der Waals surface area contributed by atoms with E-state index in [1.807, 2.05) is 72.8 Å². The number of aryl methyl sites for hydroxylation is 1. The molecule has 0 saturated heterocycles. The van der Waals surface area contributed by atoms with Gasteiger partial charge in [0.05, 0.1) is 5.92 Å². The molecule has 0 saturated carbocycles. The highest BCUT2D eigenvalue weighted by molar-refractivity contribution is 5.86. The Bertz CT molecular complexity index is 940. The highest BCUT2D eigenvalue weighted by atomic mass is 16.5. The Morgan fingerprint density at radius 2 is 1.56 bits per heavy atom. The van der Waals surface area contributed by atoms with E-state index in [0.29, 0.717) is 0 Å². The van der Waals surface area contributed by atoms with Crippen molar-refractivity contribution in [1.29, 1.82) is 0 Å². The van der Waals surface area contributed by atoms with Crippen LogP contribution >= 0.6 is 0 Å². The molecule has 3 heteroatoms. The number of hydrogen-bond acceptors (Lipinski definition) is 2. The van der Waals surface area contributed by atoms with E-state index < -0.39 is 11.8 Å². The minimum absolute atomic E-state index is 0.463. The molecule has 1 unspecified atom stereocenters. The molecule has 0 aromatic heterocycles. The minimum atomic E-state index is -0.581. The van der Waals surface area contributed by atoms with Crippen LogP contribution in [0.25, 0.3) is 0 Å². The van der Waals surface area contributed by atoms with Gasteiger partial charge in [-0.25, -0.2) is 5.48 Å². The standard InChI is InChI=1S/C24H21NO2/c26-24(25-27)23(21-15-5-2-6-16-21)22-17-9-14-20(18-22)13-8-7-12-19-10-3-1-4-11-19/h1-6,9-11,14-18,23,27H,7,12H2,(H,25,26). The molecule has 0 bridgehead atoms. The summed E-state index contributed by atoms with van der Waals surface area (Å²) in [5.41, 5.74) is 5.51. The second kappa shape index (κ2) is 9.38. The fraction of sp³-hybridized carbons (Fsp3) is 0.125. The highest BCUT2D eigenvalue weighted by Crippen LogP contribution is 2.25. The van der Waals surface area contributed by atoms with Gasteiger partial charge >= 0.3 is 0 Å². The second-order valence-corrected chi connectivity index (χ2v) is 6.23. The summed E-state index contributed by atoms with van der Waals surface area (Å²) in [6, 6.07) is 27.2. The van der Waals surface area contributed by atoms with Crippen LogP contribution in [-0.2, 0) is 11.2 Å². The van der Waals surface area contributed by atoms with Crippen LogP contribution in [0.5, 0.6) is 0 Å². The van der Waals surface area contributed by atoms with E-state index in [2.05, 4.69) is 24.0 Å². The van der Waals surface area contributed by atoms with Gasteiger partial charge in [0.2, 0.25) is 0 Å². The van der Waals surface area contributed by atoms with Gasteiger partial charge < -0.3 is 0 Å². The lowest BCUT2D eigenvalue weighted by Gasteiger charge is -2.16. The average Bonchev–Trinajstić information content (AvgIpc) is 2.73. The lowest BCUT2D eigenvalue weighted by atomic mass is 9.90. The average molecular weight is 355 g/mol. The van der Waals surface area contributed by atoms with E-state index in [-0.39, 0.29) is 0 Å². The number of rotatable bonds is 5. The van der Waals surface area contributed by atoms with E-state index in [0.717, 1.165) is 29.5 Å². The predicted octanol–water partition coefficient (Wildman–Crippen LogP) is 4.31. The Morgan fingerprint density at radius 1 is 0.889 bits per heavy atom. The third-order valence-corrected chi connectivity index (χ3v) is 4.34. The highest BCUT2D eigenvalue weighted by Gasteiger charge is 2.22. The fourth-order valence-electron chi connectivity index (χ4n) is 3.02. The summed E-state index contributed by atoms with van der Waals surface area (Å²) in [6.07, 6.45) is 1.68. The second-order valence-electron chi connectivity index (χ2n) is 6.23.